The number of nitrogens with zero attached hydrogens (tertiary/aromatic N) is 2. The summed E-state index contributed by atoms with van der Waals surface area (Å²) >= 11 is 5.74. The number of carbonyl (C=O) groups excluding carboxylic acids is 1. The van der Waals surface area contributed by atoms with Crippen LogP contribution in [0.3, 0.4) is 0 Å². The summed E-state index contributed by atoms with van der Waals surface area (Å²) in [4.78, 5) is 30.5. The highest BCUT2D eigenvalue weighted by atomic mass is 35.5. The molecule has 0 atom stereocenters. The molecule has 1 amide bonds. The zero-order chi connectivity index (χ0) is 20.4. The predicted octanol–water partition coefficient (Wildman–Crippen LogP) is 3.08. The van der Waals surface area contributed by atoms with Crippen molar-refractivity contribution in [2.24, 2.45) is 0 Å². The van der Waals surface area contributed by atoms with Gasteiger partial charge in [0.2, 0.25) is 11.5 Å². The van der Waals surface area contributed by atoms with Gasteiger partial charge in [-0.3, -0.25) is 9.59 Å². The van der Waals surface area contributed by atoms with E-state index in [2.05, 4.69) is 10.3 Å². The van der Waals surface area contributed by atoms with Gasteiger partial charge in [0.15, 0.2) is 0 Å². The Morgan fingerprint density at radius 2 is 1.86 bits per heavy atom. The third-order valence-electron chi connectivity index (χ3n) is 5.07. The third kappa shape index (κ3) is 4.35. The van der Waals surface area contributed by atoms with Crippen LogP contribution in [0.4, 0.5) is 15.8 Å². The maximum Gasteiger partial charge on any atom is 0.248 e. The zero-order valence-corrected chi connectivity index (χ0v) is 16.4. The molecule has 150 valence electrons. The highest BCUT2D eigenvalue weighted by Gasteiger charge is 2.21. The van der Waals surface area contributed by atoms with Gasteiger partial charge in [-0.1, -0.05) is 11.6 Å². The van der Waals surface area contributed by atoms with Crippen LogP contribution in [0.5, 0.6) is 0 Å². The number of pyridine rings is 1. The molecule has 4 rings (SSSR count). The van der Waals surface area contributed by atoms with Gasteiger partial charge in [-0.2, -0.15) is 0 Å². The molecule has 3 aromatic rings. The molecule has 2 N–H and O–H groups in total. The lowest BCUT2D eigenvalue weighted by atomic mass is 10.2. The summed E-state index contributed by atoms with van der Waals surface area (Å²) < 4.78 is 13.7. The average Bonchev–Trinajstić information content (AvgIpc) is 2.74. The maximum absolute atomic E-state index is 13.7. The molecule has 8 heteroatoms. The van der Waals surface area contributed by atoms with Crippen molar-refractivity contribution >= 4 is 39.8 Å². The van der Waals surface area contributed by atoms with E-state index < -0.39 is 5.82 Å². The van der Waals surface area contributed by atoms with E-state index in [9.17, 15) is 14.0 Å². The molecule has 2 aromatic carbocycles. The molecule has 29 heavy (non-hydrogen) atoms. The Bertz CT molecular complexity index is 1110. The van der Waals surface area contributed by atoms with Crippen molar-refractivity contribution in [1.82, 2.24) is 9.88 Å². The Morgan fingerprint density at radius 1 is 1.07 bits per heavy atom. The quantitative estimate of drug-likeness (QED) is 0.688. The summed E-state index contributed by atoms with van der Waals surface area (Å²) in [5.74, 6) is -0.431. The van der Waals surface area contributed by atoms with Crippen LogP contribution in [-0.4, -0.2) is 48.5 Å². The van der Waals surface area contributed by atoms with Crippen LogP contribution in [-0.2, 0) is 4.79 Å². The number of halogens is 2. The Morgan fingerprint density at radius 3 is 2.62 bits per heavy atom. The molecule has 1 saturated heterocycles. The van der Waals surface area contributed by atoms with E-state index >= 15 is 0 Å². The number of hydrogen-bond donors (Lipinski definition) is 2. The summed E-state index contributed by atoms with van der Waals surface area (Å²) in [6.45, 7) is 2.60. The minimum Gasteiger partial charge on any atom is -0.376 e. The van der Waals surface area contributed by atoms with Gasteiger partial charge in [0.1, 0.15) is 5.82 Å². The van der Waals surface area contributed by atoms with Gasteiger partial charge in [0.05, 0.1) is 11.6 Å². The van der Waals surface area contributed by atoms with Crippen LogP contribution in [0.2, 0.25) is 5.02 Å². The second kappa shape index (κ2) is 8.13. The molecule has 1 aromatic heterocycles. The molecule has 0 saturated carbocycles. The van der Waals surface area contributed by atoms with Gasteiger partial charge in [-0.05, 0) is 42.5 Å². The topological polar surface area (TPSA) is 68.4 Å². The van der Waals surface area contributed by atoms with Gasteiger partial charge >= 0.3 is 0 Å². The van der Waals surface area contributed by atoms with E-state index in [0.29, 0.717) is 26.2 Å². The van der Waals surface area contributed by atoms with Crippen LogP contribution in [0.25, 0.3) is 10.9 Å². The monoisotopic (exact) mass is 414 g/mol. The molecule has 0 unspecified atom stereocenters. The lowest BCUT2D eigenvalue weighted by Gasteiger charge is -2.36. The van der Waals surface area contributed by atoms with Crippen molar-refractivity contribution in [3.63, 3.8) is 0 Å². The number of benzene rings is 2. The van der Waals surface area contributed by atoms with Crippen LogP contribution < -0.4 is 15.8 Å². The lowest BCUT2D eigenvalue weighted by Crippen LogP contribution is -2.50. The normalized spacial score (nSPS) is 14.3. The first-order valence-corrected chi connectivity index (χ1v) is 9.72. The largest absolute Gasteiger partial charge is 0.376 e. The Hall–Kier alpha value is -3.06. The fourth-order valence-corrected chi connectivity index (χ4v) is 3.57. The third-order valence-corrected chi connectivity index (χ3v) is 5.37. The minimum absolute atomic E-state index is 0.00787. The van der Waals surface area contributed by atoms with E-state index in [1.807, 2.05) is 23.1 Å². The minimum atomic E-state index is -0.439. The Labute approximate surface area is 171 Å². The molecule has 2 heterocycles. The molecule has 0 bridgehead atoms. The van der Waals surface area contributed by atoms with E-state index in [-0.39, 0.29) is 23.0 Å². The molecular weight excluding hydrogens is 395 g/mol. The van der Waals surface area contributed by atoms with Crippen molar-refractivity contribution < 1.29 is 9.18 Å². The summed E-state index contributed by atoms with van der Waals surface area (Å²) in [6.07, 6.45) is 0. The number of hydrogen-bond acceptors (Lipinski definition) is 4. The van der Waals surface area contributed by atoms with E-state index in [0.717, 1.165) is 22.3 Å². The fourth-order valence-electron chi connectivity index (χ4n) is 3.45. The highest BCUT2D eigenvalue weighted by molar-refractivity contribution is 6.30. The second-order valence-corrected chi connectivity index (χ2v) is 7.35. The SMILES string of the molecule is O=C(CNc1ccc2[nH]c(=O)ccc2c1)N1CCN(c2ccc(Cl)c(F)c2)CC1. The second-order valence-electron chi connectivity index (χ2n) is 6.94. The summed E-state index contributed by atoms with van der Waals surface area (Å²) in [7, 11) is 0. The summed E-state index contributed by atoms with van der Waals surface area (Å²) in [6, 6.07) is 13.5. The summed E-state index contributed by atoms with van der Waals surface area (Å²) in [5, 5.41) is 4.14. The number of nitrogens with one attached hydrogen (secondary N) is 2. The van der Waals surface area contributed by atoms with Crippen LogP contribution in [0, 0.1) is 5.82 Å². The number of amides is 1. The Kier molecular flexibility index (Phi) is 5.40. The van der Waals surface area contributed by atoms with Crippen LogP contribution in [0.15, 0.2) is 53.3 Å². The lowest BCUT2D eigenvalue weighted by molar-refractivity contribution is -0.129. The molecule has 0 radical (unpaired) electrons. The number of anilines is 2. The van der Waals surface area contributed by atoms with Gasteiger partial charge in [0, 0.05) is 54.5 Å². The number of aromatic nitrogens is 1. The molecular formula is C21H20ClFN4O2. The molecule has 0 aliphatic carbocycles. The van der Waals surface area contributed by atoms with Gasteiger partial charge < -0.3 is 20.1 Å². The first kappa shape index (κ1) is 19.3. The summed E-state index contributed by atoms with van der Waals surface area (Å²) in [5.41, 5.74) is 2.19. The fraction of sp³-hybridized carbons (Fsp3) is 0.238. The zero-order valence-electron chi connectivity index (χ0n) is 15.6. The van der Waals surface area contributed by atoms with Gasteiger partial charge in [-0.25, -0.2) is 4.39 Å². The number of H-pyrrole nitrogens is 1. The maximum atomic E-state index is 13.7. The van der Waals surface area contributed by atoms with Crippen LogP contribution in [0.1, 0.15) is 0 Å². The van der Waals surface area contributed by atoms with Crippen molar-refractivity contribution in [3.05, 3.63) is 69.7 Å². The van der Waals surface area contributed by atoms with Crippen LogP contribution >= 0.6 is 11.6 Å². The van der Waals surface area contributed by atoms with Crippen molar-refractivity contribution in [2.45, 2.75) is 0 Å². The van der Waals surface area contributed by atoms with Gasteiger partial charge in [-0.15, -0.1) is 0 Å². The average molecular weight is 415 g/mol. The predicted molar refractivity (Wildman–Crippen MR) is 113 cm³/mol. The number of carbonyl (C=O) groups is 1. The first-order valence-electron chi connectivity index (χ1n) is 9.34. The standard InChI is InChI=1S/C21H20ClFN4O2/c22-17-4-3-16(12-18(17)23)26-7-9-27(10-8-26)21(29)13-24-15-2-5-19-14(11-15)1-6-20(28)25-19/h1-6,11-12,24H,7-10,13H2,(H,25,28). The molecule has 1 fully saturated rings. The van der Waals surface area contributed by atoms with Gasteiger partial charge in [0.25, 0.3) is 0 Å². The van der Waals surface area contributed by atoms with Crippen molar-refractivity contribution in [3.8, 4) is 0 Å². The van der Waals surface area contributed by atoms with Crippen molar-refractivity contribution in [2.75, 3.05) is 42.9 Å². The first-order chi connectivity index (χ1) is 14.0. The molecule has 0 spiro atoms. The number of piperazine rings is 1. The highest BCUT2D eigenvalue weighted by Crippen LogP contribution is 2.23. The van der Waals surface area contributed by atoms with Crippen molar-refractivity contribution in [1.29, 1.82) is 0 Å². The number of aromatic amines is 1. The number of fused-ring (bicyclic) bond motifs is 1. The molecule has 6 nitrogen and oxygen atoms in total. The van der Waals surface area contributed by atoms with E-state index in [1.165, 1.54) is 12.1 Å². The smallest absolute Gasteiger partial charge is 0.248 e. The van der Waals surface area contributed by atoms with E-state index in [1.54, 1.807) is 23.1 Å². The van der Waals surface area contributed by atoms with E-state index in [4.69, 9.17) is 11.6 Å². The molecule has 1 aliphatic rings. The Balaban J connectivity index is 1.32. The number of rotatable bonds is 4. The molecule has 1 aliphatic heterocycles.